The average molecular weight is 571 g/mol. The van der Waals surface area contributed by atoms with E-state index in [0.29, 0.717) is 11.5 Å². The predicted molar refractivity (Wildman–Crippen MR) is 145 cm³/mol. The van der Waals surface area contributed by atoms with Gasteiger partial charge in [0.2, 0.25) is 15.9 Å². The van der Waals surface area contributed by atoms with E-state index in [9.17, 15) is 13.2 Å². The molecule has 188 valence electrons. The Kier molecular flexibility index (Phi) is 6.50. The molecule has 1 saturated carbocycles. The highest BCUT2D eigenvalue weighted by atomic mass is 79.9. The zero-order chi connectivity index (χ0) is 25.6. The second kappa shape index (κ2) is 9.48. The molecule has 0 spiro atoms. The fourth-order valence-corrected chi connectivity index (χ4v) is 6.25. The molecule has 0 radical (unpaired) electrons. The second-order valence-corrected chi connectivity index (χ2v) is 12.3. The number of halogens is 1. The van der Waals surface area contributed by atoms with Crippen molar-refractivity contribution in [3.63, 3.8) is 0 Å². The van der Waals surface area contributed by atoms with E-state index in [1.807, 2.05) is 6.20 Å². The van der Waals surface area contributed by atoms with Crippen LogP contribution >= 0.6 is 15.9 Å². The summed E-state index contributed by atoms with van der Waals surface area (Å²) in [5.74, 6) is 0.394. The highest BCUT2D eigenvalue weighted by Gasteiger charge is 2.28. The minimum atomic E-state index is -3.53. The smallest absolute Gasteiger partial charge is 0.233 e. The Balaban J connectivity index is 1.42. The van der Waals surface area contributed by atoms with Gasteiger partial charge in [-0.3, -0.25) is 9.52 Å². The van der Waals surface area contributed by atoms with Gasteiger partial charge in [0.05, 0.1) is 22.6 Å². The molecular formula is C26H28BrN5O3S. The molecule has 0 atom stereocenters. The molecule has 1 fully saturated rings. The minimum Gasteiger partial charge on any atom is -0.383 e. The standard InChI is InChI=1S/C26H28BrN5O3S/c1-15-3-6-19-13-20(10-9-18(19)11-15)21-14-29-32-25(28)23(27)24(30-26(21)32)17-7-4-16(5-8-17)12-22(33)31-36(2,34)35/h3,6,9-11,13-14,16-17H,4-5,7-8,12,28H2,1-2H3,(H,31,33). The molecule has 1 amide bonds. The van der Waals surface area contributed by atoms with Gasteiger partial charge in [0.25, 0.3) is 0 Å². The first-order chi connectivity index (χ1) is 17.1. The maximum atomic E-state index is 12.0. The van der Waals surface area contributed by atoms with Gasteiger partial charge >= 0.3 is 0 Å². The predicted octanol–water partition coefficient (Wildman–Crippen LogP) is 4.94. The van der Waals surface area contributed by atoms with Crippen molar-refractivity contribution in [2.75, 3.05) is 12.0 Å². The number of fused-ring (bicyclic) bond motifs is 2. The van der Waals surface area contributed by atoms with Crippen molar-refractivity contribution in [2.45, 2.75) is 44.9 Å². The van der Waals surface area contributed by atoms with Crippen LogP contribution in [0.4, 0.5) is 5.82 Å². The molecule has 1 aliphatic carbocycles. The first-order valence-electron chi connectivity index (χ1n) is 11.9. The van der Waals surface area contributed by atoms with Crippen LogP contribution in [-0.2, 0) is 14.8 Å². The molecule has 2 heterocycles. The Morgan fingerprint density at radius 3 is 2.56 bits per heavy atom. The Labute approximate surface area is 218 Å². The Morgan fingerprint density at radius 1 is 1.14 bits per heavy atom. The van der Waals surface area contributed by atoms with Crippen LogP contribution in [0, 0.1) is 12.8 Å². The Hall–Kier alpha value is -2.98. The highest BCUT2D eigenvalue weighted by molar-refractivity contribution is 9.10. The molecule has 0 bridgehead atoms. The molecular weight excluding hydrogens is 542 g/mol. The van der Waals surface area contributed by atoms with E-state index in [0.717, 1.165) is 58.6 Å². The van der Waals surface area contributed by atoms with E-state index in [1.54, 1.807) is 4.52 Å². The fraction of sp³-hybridized carbons (Fsp3) is 0.346. The number of anilines is 1. The number of hydrogen-bond donors (Lipinski definition) is 2. The maximum Gasteiger partial charge on any atom is 0.233 e. The number of aryl methyl sites for hydroxylation is 1. The number of nitrogens with one attached hydrogen (secondary N) is 1. The highest BCUT2D eigenvalue weighted by Crippen LogP contribution is 2.41. The van der Waals surface area contributed by atoms with Crippen molar-refractivity contribution < 1.29 is 13.2 Å². The monoisotopic (exact) mass is 569 g/mol. The number of nitrogens with two attached hydrogens (primary N) is 1. The van der Waals surface area contributed by atoms with E-state index >= 15 is 0 Å². The third kappa shape index (κ3) is 4.97. The third-order valence-electron chi connectivity index (χ3n) is 6.96. The number of amides is 1. The van der Waals surface area contributed by atoms with Crippen molar-refractivity contribution in [3.05, 3.63) is 58.3 Å². The summed E-state index contributed by atoms with van der Waals surface area (Å²) in [6, 6.07) is 12.8. The quantitative estimate of drug-likeness (QED) is 0.351. The molecule has 4 aromatic rings. The summed E-state index contributed by atoms with van der Waals surface area (Å²) in [5.41, 5.74) is 11.3. The Bertz CT molecular complexity index is 1590. The van der Waals surface area contributed by atoms with Crippen LogP contribution < -0.4 is 10.5 Å². The SMILES string of the molecule is Cc1ccc2cc(-c3cnn4c(N)c(Br)c(C5CCC(CC(=O)NS(C)(=O)=O)CC5)nc34)ccc2c1. The van der Waals surface area contributed by atoms with E-state index < -0.39 is 15.9 Å². The lowest BCUT2D eigenvalue weighted by Crippen LogP contribution is -2.31. The van der Waals surface area contributed by atoms with E-state index in [1.165, 1.54) is 10.9 Å². The van der Waals surface area contributed by atoms with E-state index in [4.69, 9.17) is 10.7 Å². The summed E-state index contributed by atoms with van der Waals surface area (Å²) < 4.78 is 27.1. The first-order valence-corrected chi connectivity index (χ1v) is 14.6. The topological polar surface area (TPSA) is 119 Å². The molecule has 0 saturated heterocycles. The van der Waals surface area contributed by atoms with Crippen LogP contribution in [0.2, 0.25) is 0 Å². The molecule has 3 N–H and O–H groups in total. The van der Waals surface area contributed by atoms with Gasteiger partial charge in [0.15, 0.2) is 5.65 Å². The number of hydrogen-bond acceptors (Lipinski definition) is 6. The van der Waals surface area contributed by atoms with Gasteiger partial charge in [-0.1, -0.05) is 35.9 Å². The molecule has 10 heteroatoms. The average Bonchev–Trinajstić information content (AvgIpc) is 3.24. The van der Waals surface area contributed by atoms with Crippen LogP contribution in [0.25, 0.3) is 27.5 Å². The summed E-state index contributed by atoms with van der Waals surface area (Å²) in [5, 5.41) is 6.86. The van der Waals surface area contributed by atoms with Gasteiger partial charge in [-0.25, -0.2) is 13.4 Å². The molecule has 1 aliphatic rings. The summed E-state index contributed by atoms with van der Waals surface area (Å²) >= 11 is 3.65. The van der Waals surface area contributed by atoms with Gasteiger partial charge in [-0.2, -0.15) is 9.61 Å². The molecule has 8 nitrogen and oxygen atoms in total. The van der Waals surface area contributed by atoms with Crippen LogP contribution in [0.15, 0.2) is 47.1 Å². The molecule has 0 aliphatic heterocycles. The lowest BCUT2D eigenvalue weighted by molar-refractivity contribution is -0.120. The molecule has 0 unspecified atom stereocenters. The van der Waals surface area contributed by atoms with Crippen molar-refractivity contribution in [1.82, 2.24) is 19.3 Å². The van der Waals surface area contributed by atoms with Crippen LogP contribution in [0.1, 0.15) is 49.3 Å². The van der Waals surface area contributed by atoms with Crippen molar-refractivity contribution in [2.24, 2.45) is 5.92 Å². The van der Waals surface area contributed by atoms with E-state index in [-0.39, 0.29) is 18.3 Å². The van der Waals surface area contributed by atoms with Gasteiger partial charge in [0, 0.05) is 17.9 Å². The number of benzene rings is 2. The van der Waals surface area contributed by atoms with E-state index in [2.05, 4.69) is 69.1 Å². The maximum absolute atomic E-state index is 12.0. The number of rotatable bonds is 5. The zero-order valence-corrected chi connectivity index (χ0v) is 22.6. The third-order valence-corrected chi connectivity index (χ3v) is 8.37. The summed E-state index contributed by atoms with van der Waals surface area (Å²) in [4.78, 5) is 17.1. The summed E-state index contributed by atoms with van der Waals surface area (Å²) in [7, 11) is -3.53. The lowest BCUT2D eigenvalue weighted by Gasteiger charge is -2.28. The van der Waals surface area contributed by atoms with Crippen molar-refractivity contribution >= 4 is 54.1 Å². The summed E-state index contributed by atoms with van der Waals surface area (Å²) in [6.45, 7) is 2.09. The number of sulfonamides is 1. The number of carbonyl (C=O) groups excluding carboxylic acids is 1. The van der Waals surface area contributed by atoms with Crippen LogP contribution in [0.3, 0.4) is 0 Å². The molecule has 2 aromatic carbocycles. The van der Waals surface area contributed by atoms with Crippen molar-refractivity contribution in [1.29, 1.82) is 0 Å². The summed E-state index contributed by atoms with van der Waals surface area (Å²) in [6.07, 6.45) is 6.34. The van der Waals surface area contributed by atoms with Crippen LogP contribution in [0.5, 0.6) is 0 Å². The van der Waals surface area contributed by atoms with Gasteiger partial charge in [-0.15, -0.1) is 0 Å². The number of aromatic nitrogens is 3. The molecule has 36 heavy (non-hydrogen) atoms. The molecule has 2 aromatic heterocycles. The number of carbonyl (C=O) groups is 1. The lowest BCUT2D eigenvalue weighted by atomic mass is 9.79. The van der Waals surface area contributed by atoms with Gasteiger partial charge in [0.1, 0.15) is 5.82 Å². The number of nitrogen functional groups attached to an aromatic ring is 1. The van der Waals surface area contributed by atoms with Gasteiger partial charge < -0.3 is 5.73 Å². The fourth-order valence-electron chi connectivity index (χ4n) is 5.17. The minimum absolute atomic E-state index is 0.148. The normalized spacial score (nSPS) is 18.5. The zero-order valence-electron chi connectivity index (χ0n) is 20.2. The molecule has 5 rings (SSSR count). The van der Waals surface area contributed by atoms with Gasteiger partial charge in [-0.05, 0) is 76.9 Å². The second-order valence-electron chi connectivity index (χ2n) is 9.77. The van der Waals surface area contributed by atoms with Crippen molar-refractivity contribution in [3.8, 4) is 11.1 Å². The van der Waals surface area contributed by atoms with Crippen LogP contribution in [-0.4, -0.2) is 35.2 Å². The first kappa shape index (κ1) is 24.7. The number of nitrogens with zero attached hydrogens (tertiary/aromatic N) is 3. The Morgan fingerprint density at radius 2 is 1.83 bits per heavy atom. The largest absolute Gasteiger partial charge is 0.383 e.